The highest BCUT2D eigenvalue weighted by Gasteiger charge is 2.19. The molecule has 434 valence electrons. The Bertz CT molecular complexity index is 1240. The Balaban J connectivity index is 4.11. The van der Waals surface area contributed by atoms with Gasteiger partial charge in [-0.25, -0.2) is 0 Å². The second kappa shape index (κ2) is 63.2. The van der Waals surface area contributed by atoms with E-state index in [1.54, 1.807) is 0 Å². The molecule has 0 fully saturated rings. The van der Waals surface area contributed by atoms with Crippen molar-refractivity contribution in [1.82, 2.24) is 0 Å². The zero-order chi connectivity index (χ0) is 53.6. The summed E-state index contributed by atoms with van der Waals surface area (Å²) in [5, 5.41) is 0. The molecule has 0 rings (SSSR count). The van der Waals surface area contributed by atoms with Crippen molar-refractivity contribution >= 4 is 17.9 Å². The molecular weight excluding hydrogens is 913 g/mol. The topological polar surface area (TPSA) is 78.9 Å². The maximum Gasteiger partial charge on any atom is 0.306 e. The number of carbonyl (C=O) groups is 3. The van der Waals surface area contributed by atoms with Gasteiger partial charge in [-0.2, -0.15) is 0 Å². The van der Waals surface area contributed by atoms with E-state index in [0.29, 0.717) is 19.3 Å². The fourth-order valence-corrected chi connectivity index (χ4v) is 9.89. The molecule has 0 saturated carbocycles. The second-order valence-electron chi connectivity index (χ2n) is 22.4. The minimum Gasteiger partial charge on any atom is -0.462 e. The van der Waals surface area contributed by atoms with Gasteiger partial charge in [0.05, 0.1) is 0 Å². The normalized spacial score (nSPS) is 12.2. The van der Waals surface area contributed by atoms with Crippen molar-refractivity contribution < 1.29 is 28.6 Å². The van der Waals surface area contributed by atoms with Gasteiger partial charge < -0.3 is 14.2 Å². The number of rotatable bonds is 61. The molecule has 6 heteroatoms. The first-order valence-corrected chi connectivity index (χ1v) is 33.0. The highest BCUT2D eigenvalue weighted by Crippen LogP contribution is 2.18. The molecular formula is C68H126O6. The van der Waals surface area contributed by atoms with Crippen LogP contribution in [0.25, 0.3) is 0 Å². The van der Waals surface area contributed by atoms with Gasteiger partial charge in [-0.15, -0.1) is 0 Å². The van der Waals surface area contributed by atoms with Crippen LogP contribution in [0.5, 0.6) is 0 Å². The van der Waals surface area contributed by atoms with Crippen molar-refractivity contribution in [2.24, 2.45) is 0 Å². The van der Waals surface area contributed by atoms with Gasteiger partial charge in [0, 0.05) is 19.3 Å². The monoisotopic (exact) mass is 1040 g/mol. The summed E-state index contributed by atoms with van der Waals surface area (Å²) < 4.78 is 16.9. The molecule has 1 atom stereocenters. The molecule has 0 aromatic rings. The third kappa shape index (κ3) is 60.5. The summed E-state index contributed by atoms with van der Waals surface area (Å²) in [6.07, 6.45) is 77.5. The summed E-state index contributed by atoms with van der Waals surface area (Å²) in [4.78, 5) is 38.2. The number of carbonyl (C=O) groups excluding carboxylic acids is 3. The molecule has 1 unspecified atom stereocenters. The Morgan fingerprint density at radius 1 is 0.270 bits per heavy atom. The minimum atomic E-state index is -0.771. The van der Waals surface area contributed by atoms with Crippen molar-refractivity contribution in [3.05, 3.63) is 36.5 Å². The zero-order valence-electron chi connectivity index (χ0n) is 49.9. The molecule has 0 amide bonds. The predicted molar refractivity (Wildman–Crippen MR) is 321 cm³/mol. The predicted octanol–water partition coefficient (Wildman–Crippen LogP) is 22.4. The lowest BCUT2D eigenvalue weighted by Crippen LogP contribution is -2.30. The van der Waals surface area contributed by atoms with Crippen molar-refractivity contribution in [2.45, 2.75) is 367 Å². The number of ether oxygens (including phenoxy) is 3. The molecule has 0 aliphatic heterocycles. The fourth-order valence-electron chi connectivity index (χ4n) is 9.89. The molecule has 0 heterocycles. The maximum atomic E-state index is 12.9. The van der Waals surface area contributed by atoms with E-state index in [9.17, 15) is 14.4 Å². The van der Waals surface area contributed by atoms with Gasteiger partial charge in [0.2, 0.25) is 0 Å². The molecule has 0 N–H and O–H groups in total. The number of hydrogen-bond acceptors (Lipinski definition) is 6. The Morgan fingerprint density at radius 3 is 0.811 bits per heavy atom. The zero-order valence-corrected chi connectivity index (χ0v) is 49.9. The Morgan fingerprint density at radius 2 is 0.514 bits per heavy atom. The maximum absolute atomic E-state index is 12.9. The van der Waals surface area contributed by atoms with E-state index in [0.717, 1.165) is 77.0 Å². The van der Waals surface area contributed by atoms with E-state index in [1.807, 2.05) is 0 Å². The van der Waals surface area contributed by atoms with Gasteiger partial charge in [0.1, 0.15) is 13.2 Å². The highest BCUT2D eigenvalue weighted by molar-refractivity contribution is 5.71. The lowest BCUT2D eigenvalue weighted by Gasteiger charge is -2.18. The Kier molecular flexibility index (Phi) is 61.1. The summed E-state index contributed by atoms with van der Waals surface area (Å²) in [5.41, 5.74) is 0. The van der Waals surface area contributed by atoms with Crippen LogP contribution in [0.1, 0.15) is 361 Å². The van der Waals surface area contributed by atoms with E-state index >= 15 is 0 Å². The number of unbranched alkanes of at least 4 members (excludes halogenated alkanes) is 44. The van der Waals surface area contributed by atoms with Crippen molar-refractivity contribution in [3.63, 3.8) is 0 Å². The second-order valence-corrected chi connectivity index (χ2v) is 22.4. The van der Waals surface area contributed by atoms with Gasteiger partial charge in [-0.1, -0.05) is 308 Å². The number of allylic oxidation sites excluding steroid dienone is 6. The van der Waals surface area contributed by atoms with Crippen molar-refractivity contribution in [3.8, 4) is 0 Å². The van der Waals surface area contributed by atoms with E-state index in [1.165, 1.54) is 244 Å². The van der Waals surface area contributed by atoms with Gasteiger partial charge in [-0.3, -0.25) is 14.4 Å². The standard InChI is InChI=1S/C68H126O6/c1-4-7-10-13-16-19-22-24-26-28-29-30-31-32-33-34-35-36-37-38-39-41-42-44-46-49-52-55-58-61-67(70)73-64-65(63-72-66(69)60-57-54-51-48-21-18-15-12-9-6-3)74-68(71)62-59-56-53-50-47-45-43-40-27-25-23-20-17-14-11-8-5-2/h12,15,22,24,28-29,65H,4-11,13-14,16-21,23,25-27,30-64H2,1-3H3/b15-12-,24-22-,29-28-. The molecule has 0 saturated heterocycles. The summed E-state index contributed by atoms with van der Waals surface area (Å²) in [7, 11) is 0. The van der Waals surface area contributed by atoms with Crippen molar-refractivity contribution in [2.75, 3.05) is 13.2 Å². The molecule has 0 aromatic heterocycles. The largest absolute Gasteiger partial charge is 0.462 e. The quantitative estimate of drug-likeness (QED) is 0.0261. The number of hydrogen-bond donors (Lipinski definition) is 0. The Labute approximate surface area is 461 Å². The molecule has 0 aromatic carbocycles. The van der Waals surface area contributed by atoms with Crippen LogP contribution in [0.15, 0.2) is 36.5 Å². The van der Waals surface area contributed by atoms with Crippen molar-refractivity contribution in [1.29, 1.82) is 0 Å². The van der Waals surface area contributed by atoms with Gasteiger partial charge >= 0.3 is 17.9 Å². The summed E-state index contributed by atoms with van der Waals surface area (Å²) in [6.45, 7) is 6.62. The van der Waals surface area contributed by atoms with Gasteiger partial charge in [0.15, 0.2) is 6.10 Å². The van der Waals surface area contributed by atoms with E-state index < -0.39 is 6.10 Å². The van der Waals surface area contributed by atoms with Crippen LogP contribution >= 0.6 is 0 Å². The van der Waals surface area contributed by atoms with Crippen LogP contribution in [0.2, 0.25) is 0 Å². The summed E-state index contributed by atoms with van der Waals surface area (Å²) in [5.74, 6) is -0.857. The molecule has 0 spiro atoms. The van der Waals surface area contributed by atoms with Crippen LogP contribution in [-0.4, -0.2) is 37.2 Å². The minimum absolute atomic E-state index is 0.0695. The fraction of sp³-hybridized carbons (Fsp3) is 0.868. The first-order chi connectivity index (χ1) is 36.5. The molecule has 0 aliphatic rings. The molecule has 0 bridgehead atoms. The van der Waals surface area contributed by atoms with Crippen LogP contribution in [0.4, 0.5) is 0 Å². The lowest BCUT2D eigenvalue weighted by molar-refractivity contribution is -0.167. The third-order valence-electron chi connectivity index (χ3n) is 14.8. The smallest absolute Gasteiger partial charge is 0.306 e. The van der Waals surface area contributed by atoms with Crippen LogP contribution in [0.3, 0.4) is 0 Å². The van der Waals surface area contributed by atoms with E-state index in [-0.39, 0.29) is 31.1 Å². The van der Waals surface area contributed by atoms with Crippen LogP contribution in [0, 0.1) is 0 Å². The highest BCUT2D eigenvalue weighted by atomic mass is 16.6. The van der Waals surface area contributed by atoms with Gasteiger partial charge in [-0.05, 0) is 70.6 Å². The molecule has 74 heavy (non-hydrogen) atoms. The molecule has 6 nitrogen and oxygen atoms in total. The van der Waals surface area contributed by atoms with Crippen LogP contribution < -0.4 is 0 Å². The summed E-state index contributed by atoms with van der Waals surface area (Å²) >= 11 is 0. The van der Waals surface area contributed by atoms with Crippen LogP contribution in [-0.2, 0) is 28.6 Å². The Hall–Kier alpha value is -2.37. The lowest BCUT2D eigenvalue weighted by atomic mass is 10.0. The molecule has 0 aliphatic carbocycles. The molecule has 0 radical (unpaired) electrons. The number of esters is 3. The SMILES string of the molecule is CCC/C=C\CCCCCCCC(=O)OCC(COC(=O)CCCCCCCCCCCCCCCCCCC/C=C\C/C=C\CCCCCCC)OC(=O)CCCCCCCCCCCCCCCCCCC. The summed E-state index contributed by atoms with van der Waals surface area (Å²) in [6, 6.07) is 0. The third-order valence-corrected chi connectivity index (χ3v) is 14.8. The average molecular weight is 1040 g/mol. The first-order valence-electron chi connectivity index (χ1n) is 33.0. The van der Waals surface area contributed by atoms with Gasteiger partial charge in [0.25, 0.3) is 0 Å². The first kappa shape index (κ1) is 71.6. The van der Waals surface area contributed by atoms with E-state index in [4.69, 9.17) is 14.2 Å². The average Bonchev–Trinajstić information content (AvgIpc) is 3.40. The van der Waals surface area contributed by atoms with E-state index in [2.05, 4.69) is 57.2 Å².